The van der Waals surface area contributed by atoms with E-state index in [1.54, 1.807) is 7.11 Å². The van der Waals surface area contributed by atoms with E-state index in [0.717, 1.165) is 13.0 Å². The SMILES string of the molecule is CCCCCCCCCCCCC(CCCCCCCCCCCC)CNC(=O)OCCCOCCOC. The molecule has 0 rings (SSSR count). The molecule has 0 atom stereocenters. The molecule has 0 heterocycles. The second-order valence-electron chi connectivity index (χ2n) is 11.3. The summed E-state index contributed by atoms with van der Waals surface area (Å²) in [5.41, 5.74) is 0. The van der Waals surface area contributed by atoms with Gasteiger partial charge in [-0.15, -0.1) is 0 Å². The summed E-state index contributed by atoms with van der Waals surface area (Å²) in [6.45, 7) is 7.49. The van der Waals surface area contributed by atoms with Gasteiger partial charge in [0.1, 0.15) is 0 Å². The number of carbonyl (C=O) groups is 1. The number of methoxy groups -OCH3 is 1. The molecule has 0 fully saturated rings. The second-order valence-corrected chi connectivity index (χ2v) is 11.3. The highest BCUT2D eigenvalue weighted by atomic mass is 16.6. The van der Waals surface area contributed by atoms with E-state index in [9.17, 15) is 4.79 Å². The van der Waals surface area contributed by atoms with Gasteiger partial charge in [-0.05, 0) is 18.8 Å². The molecular weight excluding hydrogens is 474 g/mol. The van der Waals surface area contributed by atoms with Crippen molar-refractivity contribution in [2.24, 2.45) is 5.92 Å². The lowest BCUT2D eigenvalue weighted by Gasteiger charge is -2.18. The molecule has 0 aliphatic carbocycles. The Morgan fingerprint density at radius 2 is 1.00 bits per heavy atom. The molecule has 0 aromatic rings. The average molecular weight is 542 g/mol. The maximum Gasteiger partial charge on any atom is 0.407 e. The highest BCUT2D eigenvalue weighted by molar-refractivity contribution is 5.67. The monoisotopic (exact) mass is 542 g/mol. The van der Waals surface area contributed by atoms with Crippen molar-refractivity contribution in [1.82, 2.24) is 5.32 Å². The minimum absolute atomic E-state index is 0.280. The molecule has 5 heteroatoms. The van der Waals surface area contributed by atoms with Crippen LogP contribution in [0.4, 0.5) is 4.79 Å². The minimum Gasteiger partial charge on any atom is -0.449 e. The van der Waals surface area contributed by atoms with E-state index in [-0.39, 0.29) is 6.09 Å². The van der Waals surface area contributed by atoms with Crippen LogP contribution in [-0.4, -0.2) is 46.2 Å². The van der Waals surface area contributed by atoms with Crippen LogP contribution >= 0.6 is 0 Å². The van der Waals surface area contributed by atoms with E-state index in [1.165, 1.54) is 141 Å². The summed E-state index contributed by atoms with van der Waals surface area (Å²) in [4.78, 5) is 12.2. The fraction of sp³-hybridized carbons (Fsp3) is 0.970. The van der Waals surface area contributed by atoms with Crippen LogP contribution in [-0.2, 0) is 14.2 Å². The normalized spacial score (nSPS) is 11.4. The van der Waals surface area contributed by atoms with E-state index in [1.807, 2.05) is 0 Å². The Morgan fingerprint density at radius 1 is 0.553 bits per heavy atom. The summed E-state index contributed by atoms with van der Waals surface area (Å²) in [6.07, 6.45) is 30.3. The quantitative estimate of drug-likeness (QED) is 0.0887. The van der Waals surface area contributed by atoms with Gasteiger partial charge in [0.05, 0.1) is 19.8 Å². The van der Waals surface area contributed by atoms with Gasteiger partial charge in [0.15, 0.2) is 0 Å². The molecule has 0 aliphatic heterocycles. The summed E-state index contributed by atoms with van der Waals surface area (Å²) in [6, 6.07) is 0. The molecule has 0 spiro atoms. The number of hydrogen-bond donors (Lipinski definition) is 1. The molecule has 38 heavy (non-hydrogen) atoms. The maximum atomic E-state index is 12.2. The molecule has 1 N–H and O–H groups in total. The van der Waals surface area contributed by atoms with Crippen molar-refractivity contribution in [2.45, 2.75) is 162 Å². The van der Waals surface area contributed by atoms with Crippen molar-refractivity contribution >= 4 is 6.09 Å². The first-order valence-electron chi connectivity index (χ1n) is 16.7. The molecule has 5 nitrogen and oxygen atoms in total. The molecule has 0 aromatic heterocycles. The topological polar surface area (TPSA) is 56.8 Å². The predicted octanol–water partition coefficient (Wildman–Crippen LogP) is 10.0. The zero-order valence-corrected chi connectivity index (χ0v) is 26.0. The third-order valence-electron chi connectivity index (χ3n) is 7.56. The van der Waals surface area contributed by atoms with Crippen molar-refractivity contribution in [3.63, 3.8) is 0 Å². The third kappa shape index (κ3) is 29.7. The van der Waals surface area contributed by atoms with E-state index in [0.29, 0.717) is 32.3 Å². The zero-order valence-electron chi connectivity index (χ0n) is 26.0. The van der Waals surface area contributed by atoms with Gasteiger partial charge in [-0.1, -0.05) is 142 Å². The Morgan fingerprint density at radius 3 is 1.45 bits per heavy atom. The molecule has 0 aliphatic rings. The number of amides is 1. The van der Waals surface area contributed by atoms with Gasteiger partial charge in [0.25, 0.3) is 0 Å². The van der Waals surface area contributed by atoms with Gasteiger partial charge in [-0.3, -0.25) is 0 Å². The molecule has 0 unspecified atom stereocenters. The minimum atomic E-state index is -0.280. The van der Waals surface area contributed by atoms with Crippen LogP contribution < -0.4 is 5.32 Å². The molecule has 228 valence electrons. The molecule has 0 saturated heterocycles. The lowest BCUT2D eigenvalue weighted by Crippen LogP contribution is -2.30. The number of nitrogens with one attached hydrogen (secondary N) is 1. The summed E-state index contributed by atoms with van der Waals surface area (Å²) in [7, 11) is 1.66. The van der Waals surface area contributed by atoms with Crippen molar-refractivity contribution in [1.29, 1.82) is 0 Å². The zero-order chi connectivity index (χ0) is 27.8. The Bertz CT molecular complexity index is 436. The number of carbonyl (C=O) groups excluding carboxylic acids is 1. The maximum absolute atomic E-state index is 12.2. The van der Waals surface area contributed by atoms with Crippen LogP contribution in [0.25, 0.3) is 0 Å². The molecule has 0 bridgehead atoms. The van der Waals surface area contributed by atoms with Gasteiger partial charge in [-0.2, -0.15) is 0 Å². The Balaban J connectivity index is 4.03. The summed E-state index contributed by atoms with van der Waals surface area (Å²) >= 11 is 0. The third-order valence-corrected chi connectivity index (χ3v) is 7.56. The molecule has 0 radical (unpaired) electrons. The first kappa shape index (κ1) is 37.2. The smallest absolute Gasteiger partial charge is 0.407 e. The Labute approximate surface area is 237 Å². The largest absolute Gasteiger partial charge is 0.449 e. The molecule has 0 aromatic carbocycles. The number of rotatable bonds is 31. The number of alkyl carbamates (subject to hydrolysis) is 1. The standard InChI is InChI=1S/C33H67NO4/c1-4-6-8-10-12-14-16-18-20-22-25-32(26-23-21-19-17-15-13-11-9-7-5-2)31-34-33(35)38-28-24-27-37-30-29-36-3/h32H,4-31H2,1-3H3,(H,34,35). The van der Waals surface area contributed by atoms with Gasteiger partial charge in [-0.25, -0.2) is 4.79 Å². The first-order valence-corrected chi connectivity index (χ1v) is 16.7. The van der Waals surface area contributed by atoms with Crippen LogP contribution in [0.1, 0.15) is 162 Å². The summed E-state index contributed by atoms with van der Waals surface area (Å²) in [5.74, 6) is 0.572. The fourth-order valence-electron chi connectivity index (χ4n) is 5.04. The second kappa shape index (κ2) is 32.4. The van der Waals surface area contributed by atoms with Gasteiger partial charge < -0.3 is 19.5 Å². The van der Waals surface area contributed by atoms with E-state index in [4.69, 9.17) is 14.2 Å². The number of hydrogen-bond acceptors (Lipinski definition) is 4. The number of unbranched alkanes of at least 4 members (excludes halogenated alkanes) is 18. The summed E-state index contributed by atoms with van der Waals surface area (Å²) in [5, 5.41) is 3.04. The van der Waals surface area contributed by atoms with Gasteiger partial charge >= 0.3 is 6.09 Å². The van der Waals surface area contributed by atoms with Crippen LogP contribution in [0, 0.1) is 5.92 Å². The van der Waals surface area contributed by atoms with Crippen molar-refractivity contribution in [3.8, 4) is 0 Å². The lowest BCUT2D eigenvalue weighted by molar-refractivity contribution is 0.0595. The van der Waals surface area contributed by atoms with Gasteiger partial charge in [0, 0.05) is 26.7 Å². The first-order chi connectivity index (χ1) is 18.7. The Kier molecular flexibility index (Phi) is 31.7. The lowest BCUT2D eigenvalue weighted by atomic mass is 9.94. The van der Waals surface area contributed by atoms with Crippen LogP contribution in [0.3, 0.4) is 0 Å². The van der Waals surface area contributed by atoms with Gasteiger partial charge in [0.2, 0.25) is 0 Å². The van der Waals surface area contributed by atoms with Crippen LogP contribution in [0.15, 0.2) is 0 Å². The fourth-order valence-corrected chi connectivity index (χ4v) is 5.04. The summed E-state index contributed by atoms with van der Waals surface area (Å²) < 4.78 is 15.7. The number of ether oxygens (including phenoxy) is 3. The van der Waals surface area contributed by atoms with Crippen LogP contribution in [0.2, 0.25) is 0 Å². The Hall–Kier alpha value is -0.810. The molecular formula is C33H67NO4. The predicted molar refractivity (Wildman–Crippen MR) is 163 cm³/mol. The van der Waals surface area contributed by atoms with E-state index in [2.05, 4.69) is 19.2 Å². The van der Waals surface area contributed by atoms with Crippen molar-refractivity contribution < 1.29 is 19.0 Å². The average Bonchev–Trinajstić information content (AvgIpc) is 2.92. The van der Waals surface area contributed by atoms with E-state index >= 15 is 0 Å². The molecule has 0 saturated carbocycles. The van der Waals surface area contributed by atoms with Crippen molar-refractivity contribution in [2.75, 3.05) is 40.1 Å². The highest BCUT2D eigenvalue weighted by Gasteiger charge is 2.11. The highest BCUT2D eigenvalue weighted by Crippen LogP contribution is 2.19. The van der Waals surface area contributed by atoms with Crippen molar-refractivity contribution in [3.05, 3.63) is 0 Å². The van der Waals surface area contributed by atoms with E-state index < -0.39 is 0 Å². The molecule has 1 amide bonds. The van der Waals surface area contributed by atoms with Crippen LogP contribution in [0.5, 0.6) is 0 Å².